The van der Waals surface area contributed by atoms with E-state index in [0.717, 1.165) is 19.6 Å². The zero-order chi connectivity index (χ0) is 8.10. The molecular weight excluding hydrogens is 162 g/mol. The van der Waals surface area contributed by atoms with Gasteiger partial charge in [0, 0.05) is 12.7 Å². The molecule has 0 unspecified atom stereocenters. The third-order valence-electron chi connectivity index (χ3n) is 1.37. The van der Waals surface area contributed by atoms with Crippen molar-refractivity contribution in [3.05, 3.63) is 17.4 Å². The summed E-state index contributed by atoms with van der Waals surface area (Å²) >= 11 is 5.67. The van der Waals surface area contributed by atoms with E-state index in [1.807, 2.05) is 10.9 Å². The molecule has 1 aromatic rings. The van der Waals surface area contributed by atoms with E-state index in [2.05, 4.69) is 17.3 Å². The van der Waals surface area contributed by atoms with E-state index in [-0.39, 0.29) is 0 Å². The summed E-state index contributed by atoms with van der Waals surface area (Å²) in [5, 5.41) is 7.93. The van der Waals surface area contributed by atoms with E-state index in [4.69, 9.17) is 11.6 Å². The fourth-order valence-electron chi connectivity index (χ4n) is 0.831. The zero-order valence-electron chi connectivity index (χ0n) is 6.55. The Labute approximate surface area is 71.4 Å². The Hall–Kier alpha value is -0.540. The SMILES string of the molecule is CCNCCn1cc(Cl)cn1. The molecule has 0 atom stereocenters. The zero-order valence-corrected chi connectivity index (χ0v) is 7.30. The molecule has 0 saturated heterocycles. The van der Waals surface area contributed by atoms with Crippen LogP contribution < -0.4 is 5.32 Å². The van der Waals surface area contributed by atoms with Crippen molar-refractivity contribution in [2.24, 2.45) is 0 Å². The van der Waals surface area contributed by atoms with Crippen LogP contribution in [0.5, 0.6) is 0 Å². The van der Waals surface area contributed by atoms with Gasteiger partial charge in [0.25, 0.3) is 0 Å². The summed E-state index contributed by atoms with van der Waals surface area (Å²) in [5.41, 5.74) is 0. The molecule has 0 saturated carbocycles. The Balaban J connectivity index is 2.27. The number of likely N-dealkylation sites (N-methyl/N-ethyl adjacent to an activating group) is 1. The molecule has 11 heavy (non-hydrogen) atoms. The molecule has 4 heteroatoms. The van der Waals surface area contributed by atoms with Crippen LogP contribution in [0.25, 0.3) is 0 Å². The smallest absolute Gasteiger partial charge is 0.0785 e. The molecule has 0 aliphatic carbocycles. The molecule has 1 rings (SSSR count). The minimum atomic E-state index is 0.696. The highest BCUT2D eigenvalue weighted by molar-refractivity contribution is 6.30. The lowest BCUT2D eigenvalue weighted by Crippen LogP contribution is -2.19. The van der Waals surface area contributed by atoms with Crippen LogP contribution in [0.4, 0.5) is 0 Å². The Morgan fingerprint density at radius 1 is 1.73 bits per heavy atom. The van der Waals surface area contributed by atoms with Gasteiger partial charge in [-0.15, -0.1) is 0 Å². The first-order valence-electron chi connectivity index (χ1n) is 3.71. The van der Waals surface area contributed by atoms with Crippen LogP contribution in [0.2, 0.25) is 5.02 Å². The van der Waals surface area contributed by atoms with E-state index in [1.54, 1.807) is 6.20 Å². The standard InChI is InChI=1S/C7H12ClN3/c1-2-9-3-4-11-6-7(8)5-10-11/h5-6,9H,2-4H2,1H3. The summed E-state index contributed by atoms with van der Waals surface area (Å²) in [6, 6.07) is 0. The fourth-order valence-corrected chi connectivity index (χ4v) is 0.987. The predicted molar refractivity (Wildman–Crippen MR) is 45.8 cm³/mol. The number of hydrogen-bond donors (Lipinski definition) is 1. The first-order valence-corrected chi connectivity index (χ1v) is 4.09. The lowest BCUT2D eigenvalue weighted by Gasteiger charge is -2.00. The summed E-state index contributed by atoms with van der Waals surface area (Å²) in [4.78, 5) is 0. The van der Waals surface area contributed by atoms with E-state index < -0.39 is 0 Å². The van der Waals surface area contributed by atoms with Crippen LogP contribution in [-0.2, 0) is 6.54 Å². The van der Waals surface area contributed by atoms with Gasteiger partial charge in [-0.05, 0) is 6.54 Å². The molecule has 0 fully saturated rings. The number of nitrogens with zero attached hydrogens (tertiary/aromatic N) is 2. The van der Waals surface area contributed by atoms with Crippen LogP contribution in [0.15, 0.2) is 12.4 Å². The fraction of sp³-hybridized carbons (Fsp3) is 0.571. The van der Waals surface area contributed by atoms with Gasteiger partial charge in [-0.2, -0.15) is 5.10 Å². The predicted octanol–water partition coefficient (Wildman–Crippen LogP) is 1.15. The molecule has 0 aromatic carbocycles. The maximum atomic E-state index is 5.67. The van der Waals surface area contributed by atoms with Crippen LogP contribution in [0.3, 0.4) is 0 Å². The largest absolute Gasteiger partial charge is 0.315 e. The number of halogens is 1. The van der Waals surface area contributed by atoms with Gasteiger partial charge in [0.2, 0.25) is 0 Å². The minimum Gasteiger partial charge on any atom is -0.315 e. The van der Waals surface area contributed by atoms with E-state index >= 15 is 0 Å². The summed E-state index contributed by atoms with van der Waals surface area (Å²) < 4.78 is 1.82. The first-order chi connectivity index (χ1) is 5.33. The summed E-state index contributed by atoms with van der Waals surface area (Å²) in [7, 11) is 0. The quantitative estimate of drug-likeness (QED) is 0.693. The van der Waals surface area contributed by atoms with Crippen molar-refractivity contribution >= 4 is 11.6 Å². The highest BCUT2D eigenvalue weighted by Gasteiger charge is 1.92. The maximum absolute atomic E-state index is 5.67. The van der Waals surface area contributed by atoms with Gasteiger partial charge in [-0.25, -0.2) is 0 Å². The Bertz CT molecular complexity index is 209. The van der Waals surface area contributed by atoms with E-state index in [1.165, 1.54) is 0 Å². The molecule has 1 heterocycles. The van der Waals surface area contributed by atoms with Crippen molar-refractivity contribution in [1.82, 2.24) is 15.1 Å². The molecule has 3 nitrogen and oxygen atoms in total. The number of hydrogen-bond acceptors (Lipinski definition) is 2. The molecule has 0 bridgehead atoms. The van der Waals surface area contributed by atoms with E-state index in [0.29, 0.717) is 5.02 Å². The molecule has 0 amide bonds. The third kappa shape index (κ3) is 2.91. The monoisotopic (exact) mass is 173 g/mol. The average molecular weight is 174 g/mol. The van der Waals surface area contributed by atoms with Gasteiger partial charge in [-0.3, -0.25) is 4.68 Å². The third-order valence-corrected chi connectivity index (χ3v) is 1.56. The molecule has 0 radical (unpaired) electrons. The van der Waals surface area contributed by atoms with Crippen molar-refractivity contribution < 1.29 is 0 Å². The molecule has 1 aromatic heterocycles. The summed E-state index contributed by atoms with van der Waals surface area (Å²) in [6.07, 6.45) is 3.46. The maximum Gasteiger partial charge on any atom is 0.0785 e. The van der Waals surface area contributed by atoms with Crippen molar-refractivity contribution in [2.45, 2.75) is 13.5 Å². The topological polar surface area (TPSA) is 29.9 Å². The van der Waals surface area contributed by atoms with Crippen LogP contribution >= 0.6 is 11.6 Å². The first kappa shape index (κ1) is 8.56. The second-order valence-electron chi connectivity index (χ2n) is 2.28. The summed E-state index contributed by atoms with van der Waals surface area (Å²) in [6.45, 7) is 4.89. The molecule has 0 aliphatic heterocycles. The lowest BCUT2D eigenvalue weighted by molar-refractivity contribution is 0.565. The molecule has 1 N–H and O–H groups in total. The van der Waals surface area contributed by atoms with Crippen molar-refractivity contribution in [1.29, 1.82) is 0 Å². The highest BCUT2D eigenvalue weighted by Crippen LogP contribution is 2.03. The van der Waals surface area contributed by atoms with Crippen LogP contribution in [0.1, 0.15) is 6.92 Å². The van der Waals surface area contributed by atoms with Gasteiger partial charge in [0.15, 0.2) is 0 Å². The molecule has 62 valence electrons. The second kappa shape index (κ2) is 4.36. The minimum absolute atomic E-state index is 0.696. The number of nitrogens with one attached hydrogen (secondary N) is 1. The summed E-state index contributed by atoms with van der Waals surface area (Å²) in [5.74, 6) is 0. The molecule has 0 spiro atoms. The molecular formula is C7H12ClN3. The van der Waals surface area contributed by atoms with Gasteiger partial charge >= 0.3 is 0 Å². The second-order valence-corrected chi connectivity index (χ2v) is 2.71. The Morgan fingerprint density at radius 2 is 2.55 bits per heavy atom. The average Bonchev–Trinajstić information content (AvgIpc) is 2.37. The molecule has 0 aliphatic rings. The Kier molecular flexibility index (Phi) is 3.39. The van der Waals surface area contributed by atoms with Crippen molar-refractivity contribution in [3.63, 3.8) is 0 Å². The van der Waals surface area contributed by atoms with Crippen LogP contribution in [0, 0.1) is 0 Å². The van der Waals surface area contributed by atoms with Gasteiger partial charge in [0.1, 0.15) is 0 Å². The lowest BCUT2D eigenvalue weighted by atomic mass is 10.6. The van der Waals surface area contributed by atoms with Crippen molar-refractivity contribution in [2.75, 3.05) is 13.1 Å². The number of aromatic nitrogens is 2. The van der Waals surface area contributed by atoms with Gasteiger partial charge in [-0.1, -0.05) is 18.5 Å². The highest BCUT2D eigenvalue weighted by atomic mass is 35.5. The van der Waals surface area contributed by atoms with Crippen LogP contribution in [-0.4, -0.2) is 22.9 Å². The van der Waals surface area contributed by atoms with Gasteiger partial charge < -0.3 is 5.32 Å². The Morgan fingerprint density at radius 3 is 3.09 bits per heavy atom. The normalized spacial score (nSPS) is 10.4. The van der Waals surface area contributed by atoms with Crippen molar-refractivity contribution in [3.8, 4) is 0 Å². The van der Waals surface area contributed by atoms with Gasteiger partial charge in [0.05, 0.1) is 17.8 Å². The number of rotatable bonds is 4. The van der Waals surface area contributed by atoms with E-state index in [9.17, 15) is 0 Å².